The summed E-state index contributed by atoms with van der Waals surface area (Å²) in [6, 6.07) is 6.26. The molecule has 1 N–H and O–H groups in total. The first kappa shape index (κ1) is 18.3. The van der Waals surface area contributed by atoms with E-state index in [-0.39, 0.29) is 24.7 Å². The molecule has 8 heteroatoms. The lowest BCUT2D eigenvalue weighted by molar-refractivity contribution is -0.133. The van der Waals surface area contributed by atoms with Crippen LogP contribution < -0.4 is 0 Å². The van der Waals surface area contributed by atoms with Gasteiger partial charge in [-0.2, -0.15) is 0 Å². The minimum atomic E-state index is -3.47. The van der Waals surface area contributed by atoms with E-state index in [0.29, 0.717) is 18.4 Å². The Morgan fingerprint density at radius 1 is 1.32 bits per heavy atom. The van der Waals surface area contributed by atoms with E-state index >= 15 is 0 Å². The smallest absolute Gasteiger partial charge is 0.233 e. The monoisotopic (exact) mass is 370 g/mol. The van der Waals surface area contributed by atoms with Gasteiger partial charge in [-0.3, -0.25) is 4.79 Å². The summed E-state index contributed by atoms with van der Waals surface area (Å²) in [5.41, 5.74) is -0.473. The maximum atomic E-state index is 14.1. The van der Waals surface area contributed by atoms with Crippen molar-refractivity contribution in [3.63, 3.8) is 0 Å². The second-order valence-corrected chi connectivity index (χ2v) is 9.39. The van der Waals surface area contributed by atoms with Gasteiger partial charge in [-0.15, -0.1) is 0 Å². The number of aliphatic hydroxyl groups is 1. The van der Waals surface area contributed by atoms with E-state index in [9.17, 15) is 22.7 Å². The van der Waals surface area contributed by atoms with E-state index < -0.39 is 33.3 Å². The van der Waals surface area contributed by atoms with Crippen LogP contribution >= 0.6 is 0 Å². The fourth-order valence-corrected chi connectivity index (χ4v) is 4.65. The molecule has 2 atom stereocenters. The lowest BCUT2D eigenvalue weighted by Gasteiger charge is -2.24. The van der Waals surface area contributed by atoms with Crippen LogP contribution in [0.1, 0.15) is 18.4 Å². The standard InChI is InChI=1S/C17H23FN2O4S/c1-19(2)25(23,24)11-12-9-20(10-15(12)21)16(22)17(7-8-17)13-5-3-4-6-14(13)18/h3-6,12,15,21H,7-11H2,1-2H3/t12-,15+/m0/s1. The van der Waals surface area contributed by atoms with Crippen molar-refractivity contribution in [1.29, 1.82) is 0 Å². The Morgan fingerprint density at radius 3 is 2.52 bits per heavy atom. The molecular weight excluding hydrogens is 347 g/mol. The predicted molar refractivity (Wildman–Crippen MR) is 90.9 cm³/mol. The molecule has 1 heterocycles. The van der Waals surface area contributed by atoms with Gasteiger partial charge in [0.2, 0.25) is 15.9 Å². The van der Waals surface area contributed by atoms with Crippen LogP contribution in [0, 0.1) is 11.7 Å². The lowest BCUT2D eigenvalue weighted by atomic mass is 9.94. The Labute approximate surface area is 147 Å². The Kier molecular flexibility index (Phi) is 4.63. The number of halogens is 1. The van der Waals surface area contributed by atoms with Crippen LogP contribution in [0.25, 0.3) is 0 Å². The average molecular weight is 370 g/mol. The normalized spacial score (nSPS) is 25.4. The van der Waals surface area contributed by atoms with Crippen molar-refractivity contribution in [3.8, 4) is 0 Å². The van der Waals surface area contributed by atoms with Crippen molar-refractivity contribution < 1.29 is 22.7 Å². The number of carbonyl (C=O) groups excluding carboxylic acids is 1. The van der Waals surface area contributed by atoms with E-state index in [1.54, 1.807) is 18.2 Å². The minimum absolute atomic E-state index is 0.0860. The predicted octanol–water partition coefficient (Wildman–Crippen LogP) is 0.568. The molecular formula is C17H23FN2O4S. The largest absolute Gasteiger partial charge is 0.391 e. The SMILES string of the molecule is CN(C)S(=O)(=O)C[C@@H]1CN(C(=O)C2(c3ccccc3F)CC2)C[C@H]1O. The number of β-amino-alcohol motifs (C(OH)–C–C–N with tert-alkyl or cyclic N) is 1. The van der Waals surface area contributed by atoms with Crippen LogP contribution in [0.4, 0.5) is 4.39 Å². The first-order valence-electron chi connectivity index (χ1n) is 8.30. The Balaban J connectivity index is 1.76. The molecule has 3 rings (SSSR count). The quantitative estimate of drug-likeness (QED) is 0.822. The number of nitrogens with zero attached hydrogens (tertiary/aromatic N) is 2. The fourth-order valence-electron chi connectivity index (χ4n) is 3.48. The molecule has 1 saturated heterocycles. The highest BCUT2D eigenvalue weighted by atomic mass is 32.2. The number of hydrogen-bond donors (Lipinski definition) is 1. The number of sulfonamides is 1. The molecule has 0 spiro atoms. The van der Waals surface area contributed by atoms with Crippen LogP contribution in [0.15, 0.2) is 24.3 Å². The molecule has 1 saturated carbocycles. The number of benzene rings is 1. The summed E-state index contributed by atoms with van der Waals surface area (Å²) >= 11 is 0. The van der Waals surface area contributed by atoms with Gasteiger partial charge < -0.3 is 10.0 Å². The molecule has 1 amide bonds. The second kappa shape index (κ2) is 6.34. The van der Waals surface area contributed by atoms with E-state index in [2.05, 4.69) is 0 Å². The third kappa shape index (κ3) is 3.30. The van der Waals surface area contributed by atoms with Gasteiger partial charge in [0.1, 0.15) is 5.82 Å². The van der Waals surface area contributed by atoms with E-state index in [4.69, 9.17) is 0 Å². The van der Waals surface area contributed by atoms with E-state index in [1.807, 2.05) is 0 Å². The zero-order valence-corrected chi connectivity index (χ0v) is 15.2. The highest BCUT2D eigenvalue weighted by molar-refractivity contribution is 7.89. The minimum Gasteiger partial charge on any atom is -0.391 e. The van der Waals surface area contributed by atoms with Crippen molar-refractivity contribution in [2.45, 2.75) is 24.4 Å². The van der Waals surface area contributed by atoms with Gasteiger partial charge in [-0.25, -0.2) is 17.1 Å². The molecule has 0 aromatic heterocycles. The number of amides is 1. The van der Waals surface area contributed by atoms with Crippen molar-refractivity contribution in [1.82, 2.24) is 9.21 Å². The molecule has 0 radical (unpaired) electrons. The van der Waals surface area contributed by atoms with Gasteiger partial charge >= 0.3 is 0 Å². The Bertz CT molecular complexity index is 777. The molecule has 1 aromatic carbocycles. The molecule has 1 aliphatic heterocycles. The van der Waals surface area contributed by atoms with Gasteiger partial charge in [-0.05, 0) is 18.9 Å². The molecule has 2 fully saturated rings. The molecule has 1 aromatic rings. The van der Waals surface area contributed by atoms with Crippen molar-refractivity contribution in [2.75, 3.05) is 32.9 Å². The summed E-state index contributed by atoms with van der Waals surface area (Å²) < 4.78 is 39.3. The molecule has 1 aliphatic carbocycles. The summed E-state index contributed by atoms with van der Waals surface area (Å²) in [7, 11) is -0.584. The number of likely N-dealkylation sites (tertiary alicyclic amines) is 1. The van der Waals surface area contributed by atoms with Gasteiger partial charge in [0.15, 0.2) is 0 Å². The molecule has 0 unspecified atom stereocenters. The maximum Gasteiger partial charge on any atom is 0.233 e. The molecule has 25 heavy (non-hydrogen) atoms. The van der Waals surface area contributed by atoms with E-state index in [0.717, 1.165) is 4.31 Å². The highest BCUT2D eigenvalue weighted by Crippen LogP contribution is 2.51. The summed E-state index contributed by atoms with van der Waals surface area (Å²) in [6.07, 6.45) is 0.246. The van der Waals surface area contributed by atoms with Crippen LogP contribution in [0.2, 0.25) is 0 Å². The van der Waals surface area contributed by atoms with Crippen molar-refractivity contribution in [3.05, 3.63) is 35.6 Å². The maximum absolute atomic E-state index is 14.1. The van der Waals surface area contributed by atoms with Gasteiger partial charge in [0.25, 0.3) is 0 Å². The van der Waals surface area contributed by atoms with Gasteiger partial charge in [-0.1, -0.05) is 18.2 Å². The number of rotatable bonds is 5. The summed E-state index contributed by atoms with van der Waals surface area (Å²) in [4.78, 5) is 14.4. The number of carbonyl (C=O) groups is 1. The van der Waals surface area contributed by atoms with Crippen molar-refractivity contribution >= 4 is 15.9 Å². The van der Waals surface area contributed by atoms with Crippen LogP contribution in [0.5, 0.6) is 0 Å². The summed E-state index contributed by atoms with van der Waals surface area (Å²) in [5.74, 6) is -1.37. The molecule has 6 nitrogen and oxygen atoms in total. The number of hydrogen-bond acceptors (Lipinski definition) is 4. The molecule has 0 bridgehead atoms. The molecule has 2 aliphatic rings. The zero-order chi connectivity index (χ0) is 18.4. The topological polar surface area (TPSA) is 77.9 Å². The van der Waals surface area contributed by atoms with Gasteiger partial charge in [0, 0.05) is 38.7 Å². The lowest BCUT2D eigenvalue weighted by Crippen LogP contribution is -2.39. The third-order valence-corrected chi connectivity index (χ3v) is 7.19. The van der Waals surface area contributed by atoms with Crippen LogP contribution in [-0.4, -0.2) is 67.7 Å². The van der Waals surface area contributed by atoms with E-state index in [1.165, 1.54) is 25.1 Å². The second-order valence-electron chi connectivity index (χ2n) is 7.16. The Morgan fingerprint density at radius 2 is 1.96 bits per heavy atom. The first-order valence-corrected chi connectivity index (χ1v) is 9.91. The van der Waals surface area contributed by atoms with Crippen molar-refractivity contribution in [2.24, 2.45) is 5.92 Å². The number of aliphatic hydroxyl groups excluding tert-OH is 1. The summed E-state index contributed by atoms with van der Waals surface area (Å²) in [6.45, 7) is 0.256. The zero-order valence-electron chi connectivity index (χ0n) is 14.4. The van der Waals surface area contributed by atoms with Gasteiger partial charge in [0.05, 0.1) is 17.3 Å². The average Bonchev–Trinajstić information content (AvgIpc) is 3.27. The van der Waals surface area contributed by atoms with Crippen LogP contribution in [0.3, 0.4) is 0 Å². The fraction of sp³-hybridized carbons (Fsp3) is 0.588. The van der Waals surface area contributed by atoms with Crippen LogP contribution in [-0.2, 0) is 20.2 Å². The first-order chi connectivity index (χ1) is 11.7. The highest BCUT2D eigenvalue weighted by Gasteiger charge is 2.55. The third-order valence-electron chi connectivity index (χ3n) is 5.22. The summed E-state index contributed by atoms with van der Waals surface area (Å²) in [5, 5.41) is 10.2. The molecule has 138 valence electrons. The Hall–Kier alpha value is -1.51.